The van der Waals surface area contributed by atoms with E-state index >= 15 is 0 Å². The van der Waals surface area contributed by atoms with Gasteiger partial charge in [0.05, 0.1) is 0 Å². The summed E-state index contributed by atoms with van der Waals surface area (Å²) in [5.41, 5.74) is -2.40. The van der Waals surface area contributed by atoms with E-state index < -0.39 is 11.0 Å². The van der Waals surface area contributed by atoms with Crippen molar-refractivity contribution in [2.75, 3.05) is 0 Å². The Morgan fingerprint density at radius 3 is 1.40 bits per heavy atom. The summed E-state index contributed by atoms with van der Waals surface area (Å²) in [6.07, 6.45) is 0. The van der Waals surface area contributed by atoms with Gasteiger partial charge in [0.2, 0.25) is 0 Å². The minimum atomic E-state index is -1.20. The molecule has 0 aromatic heterocycles. The number of halogens is 2. The van der Waals surface area contributed by atoms with Crippen LogP contribution in [0.3, 0.4) is 0 Å². The smallest absolute Gasteiger partial charge is 0.189 e. The van der Waals surface area contributed by atoms with Crippen molar-refractivity contribution in [3.05, 3.63) is 0 Å². The van der Waals surface area contributed by atoms with Crippen molar-refractivity contribution in [3.8, 4) is 0 Å². The average molecular weight is 96.1 g/mol. The van der Waals surface area contributed by atoms with Crippen LogP contribution in [0.15, 0.2) is 0 Å². The third kappa shape index (κ3) is 0.533. The lowest BCUT2D eigenvalue weighted by atomic mass is 10.9. The molecule has 0 spiro atoms. The van der Waals surface area contributed by atoms with Crippen molar-refractivity contribution in [2.24, 2.45) is 0 Å². The van der Waals surface area contributed by atoms with Crippen LogP contribution < -0.4 is 0 Å². The van der Waals surface area contributed by atoms with Crippen LogP contribution >= 0.6 is 11.8 Å². The lowest BCUT2D eigenvalue weighted by Gasteiger charge is -1.56. The number of alkyl halides is 2. The molecule has 0 aromatic carbocycles. The molecule has 0 N–H and O–H groups in total. The lowest BCUT2D eigenvalue weighted by Crippen LogP contribution is -1.68. The van der Waals surface area contributed by atoms with Crippen molar-refractivity contribution in [1.82, 2.24) is 0 Å². The van der Waals surface area contributed by atoms with Gasteiger partial charge < -0.3 is 0 Å². The van der Waals surface area contributed by atoms with E-state index in [1.165, 1.54) is 0 Å². The normalized spacial score (nSPS) is 49.2. The molecular formula is C2H2F2S. The van der Waals surface area contributed by atoms with E-state index in [-0.39, 0.29) is 0 Å². The van der Waals surface area contributed by atoms with Gasteiger partial charge in [-0.05, 0) is 0 Å². The van der Waals surface area contributed by atoms with E-state index in [0.29, 0.717) is 11.8 Å². The van der Waals surface area contributed by atoms with Crippen LogP contribution in [0.5, 0.6) is 0 Å². The average Bonchev–Trinajstić information content (AvgIpc) is 1.79. The third-order valence-corrected chi connectivity index (χ3v) is 1.07. The lowest BCUT2D eigenvalue weighted by molar-refractivity contribution is 0.372. The van der Waals surface area contributed by atoms with Crippen molar-refractivity contribution < 1.29 is 8.78 Å². The number of hydrogen-bond donors (Lipinski definition) is 0. The Bertz CT molecular complexity index is 40.9. The van der Waals surface area contributed by atoms with Gasteiger partial charge in [-0.3, -0.25) is 0 Å². The van der Waals surface area contributed by atoms with Crippen LogP contribution in [0, 0.1) is 0 Å². The zero-order valence-electron chi connectivity index (χ0n) is 2.32. The second kappa shape index (κ2) is 0.834. The first-order chi connectivity index (χ1) is 2.30. The van der Waals surface area contributed by atoms with Crippen LogP contribution in [-0.2, 0) is 0 Å². The second-order valence-electron chi connectivity index (χ2n) is 0.838. The van der Waals surface area contributed by atoms with E-state index in [9.17, 15) is 8.78 Å². The van der Waals surface area contributed by atoms with Gasteiger partial charge in [0.15, 0.2) is 11.0 Å². The Hall–Kier alpha value is 0.210. The highest BCUT2D eigenvalue weighted by Gasteiger charge is 2.38. The number of hydrogen-bond acceptors (Lipinski definition) is 1. The van der Waals surface area contributed by atoms with Crippen molar-refractivity contribution in [1.29, 1.82) is 0 Å². The summed E-state index contributed by atoms with van der Waals surface area (Å²) in [6.45, 7) is 0. The molecule has 5 heavy (non-hydrogen) atoms. The van der Waals surface area contributed by atoms with Gasteiger partial charge in [0, 0.05) is 0 Å². The van der Waals surface area contributed by atoms with E-state index in [2.05, 4.69) is 0 Å². The monoisotopic (exact) mass is 96.0 g/mol. The summed E-state index contributed by atoms with van der Waals surface area (Å²) in [7, 11) is 0. The predicted octanol–water partition coefficient (Wildman–Crippen LogP) is 1.32. The topological polar surface area (TPSA) is 0 Å². The molecule has 1 aliphatic rings. The first-order valence-electron chi connectivity index (χ1n) is 1.24. The first kappa shape index (κ1) is 3.40. The predicted molar refractivity (Wildman–Crippen MR) is 17.4 cm³/mol. The van der Waals surface area contributed by atoms with E-state index in [4.69, 9.17) is 0 Å². The molecule has 0 nitrogen and oxygen atoms in total. The molecule has 0 bridgehead atoms. The largest absolute Gasteiger partial charge is 0.231 e. The fourth-order valence-corrected chi connectivity index (χ4v) is 0.236. The minimum Gasteiger partial charge on any atom is -0.231 e. The molecule has 1 aliphatic heterocycles. The zero-order chi connectivity index (χ0) is 3.86. The highest BCUT2D eigenvalue weighted by Crippen LogP contribution is 2.42. The van der Waals surface area contributed by atoms with Crippen LogP contribution in [0.25, 0.3) is 0 Å². The molecule has 0 aromatic rings. The van der Waals surface area contributed by atoms with Gasteiger partial charge in [-0.25, -0.2) is 8.78 Å². The maximum atomic E-state index is 11.1. The van der Waals surface area contributed by atoms with Crippen molar-refractivity contribution in [3.63, 3.8) is 0 Å². The van der Waals surface area contributed by atoms with Crippen LogP contribution in [0.1, 0.15) is 0 Å². The minimum absolute atomic E-state index is 0.713. The fraction of sp³-hybridized carbons (Fsp3) is 1.00. The molecule has 1 fully saturated rings. The van der Waals surface area contributed by atoms with Crippen molar-refractivity contribution in [2.45, 2.75) is 11.0 Å². The molecule has 2 unspecified atom stereocenters. The summed E-state index contributed by atoms with van der Waals surface area (Å²) >= 11 is 0.713. The molecule has 1 saturated heterocycles. The zero-order valence-corrected chi connectivity index (χ0v) is 3.14. The molecule has 30 valence electrons. The second-order valence-corrected chi connectivity index (χ2v) is 2.01. The maximum Gasteiger partial charge on any atom is 0.189 e. The van der Waals surface area contributed by atoms with Crippen LogP contribution in [-0.4, -0.2) is 11.0 Å². The Balaban J connectivity index is 2.20. The Morgan fingerprint density at radius 1 is 1.20 bits per heavy atom. The Kier molecular flexibility index (Phi) is 0.568. The highest BCUT2D eigenvalue weighted by atomic mass is 32.2. The van der Waals surface area contributed by atoms with Gasteiger partial charge in [-0.1, -0.05) is 11.8 Å². The summed E-state index contributed by atoms with van der Waals surface area (Å²) in [6, 6.07) is 0. The Morgan fingerprint density at radius 2 is 1.40 bits per heavy atom. The molecule has 0 saturated carbocycles. The number of rotatable bonds is 0. The highest BCUT2D eigenvalue weighted by molar-refractivity contribution is 8.07. The Labute approximate surface area is 32.6 Å². The summed E-state index contributed by atoms with van der Waals surface area (Å²) in [4.78, 5) is 0. The van der Waals surface area contributed by atoms with Gasteiger partial charge in [0.1, 0.15) is 0 Å². The standard InChI is InChI=1S/C2H2F2S/c3-1-2(4)5-1/h1-2H. The molecule has 2 atom stereocenters. The fourth-order valence-electron chi connectivity index (χ4n) is 0.0788. The van der Waals surface area contributed by atoms with Crippen LogP contribution in [0.2, 0.25) is 0 Å². The maximum absolute atomic E-state index is 11.1. The first-order valence-corrected chi connectivity index (χ1v) is 2.18. The van der Waals surface area contributed by atoms with E-state index in [1.807, 2.05) is 0 Å². The molecular weight excluding hydrogens is 94.1 g/mol. The number of thioether (sulfide) groups is 1. The summed E-state index contributed by atoms with van der Waals surface area (Å²) < 4.78 is 22.2. The van der Waals surface area contributed by atoms with E-state index in [1.54, 1.807) is 0 Å². The molecule has 0 radical (unpaired) electrons. The molecule has 0 amide bonds. The van der Waals surface area contributed by atoms with Gasteiger partial charge in [-0.15, -0.1) is 0 Å². The molecule has 3 heteroatoms. The van der Waals surface area contributed by atoms with Crippen molar-refractivity contribution >= 4 is 11.8 Å². The molecule has 0 aliphatic carbocycles. The summed E-state index contributed by atoms with van der Waals surface area (Å²) in [5, 5.41) is 0. The van der Waals surface area contributed by atoms with Gasteiger partial charge in [-0.2, -0.15) is 0 Å². The van der Waals surface area contributed by atoms with Gasteiger partial charge >= 0.3 is 0 Å². The van der Waals surface area contributed by atoms with Gasteiger partial charge in [0.25, 0.3) is 0 Å². The quantitative estimate of drug-likeness (QED) is 0.410. The van der Waals surface area contributed by atoms with E-state index in [0.717, 1.165) is 0 Å². The van der Waals surface area contributed by atoms with Crippen LogP contribution in [0.4, 0.5) is 8.78 Å². The summed E-state index contributed by atoms with van der Waals surface area (Å²) in [5.74, 6) is 0. The molecule has 1 rings (SSSR count). The molecule has 1 heterocycles. The SMILES string of the molecule is FC1SC1F. The third-order valence-electron chi connectivity index (χ3n) is 0.389.